The molecular formula is C8H10O10. The Morgan fingerprint density at radius 3 is 1.33 bits per heavy atom. The molecule has 18 heavy (non-hydrogen) atoms. The first-order valence-corrected chi connectivity index (χ1v) is 4.53. The Labute approximate surface area is 99.9 Å². The summed E-state index contributed by atoms with van der Waals surface area (Å²) in [5.41, 5.74) is 0. The van der Waals surface area contributed by atoms with Crippen LogP contribution >= 0.6 is 0 Å². The molecule has 0 bridgehead atoms. The van der Waals surface area contributed by atoms with E-state index < -0.39 is 50.3 Å². The summed E-state index contributed by atoms with van der Waals surface area (Å²) in [6, 6.07) is 0. The Balaban J connectivity index is 3.56. The minimum absolute atomic E-state index is 0.432. The number of carboxylic acid groups (broad SMARTS) is 2. The van der Waals surface area contributed by atoms with Crippen LogP contribution in [-0.2, 0) is 28.8 Å². The number of rotatable bonds is 6. The summed E-state index contributed by atoms with van der Waals surface area (Å²) in [5, 5.41) is 16.4. The van der Waals surface area contributed by atoms with Gasteiger partial charge in [-0.1, -0.05) is 0 Å². The van der Waals surface area contributed by atoms with Crippen molar-refractivity contribution in [1.29, 1.82) is 0 Å². The van der Waals surface area contributed by atoms with E-state index in [2.05, 4.69) is 19.2 Å². The average molecular weight is 266 g/mol. The van der Waals surface area contributed by atoms with Crippen LogP contribution in [-0.4, -0.2) is 47.7 Å². The lowest BCUT2D eigenvalue weighted by molar-refractivity contribution is -0.218. The lowest BCUT2D eigenvalue weighted by Crippen LogP contribution is -2.16. The van der Waals surface area contributed by atoms with E-state index in [1.54, 1.807) is 0 Å². The Hall–Kier alpha value is -2.52. The molecule has 0 aliphatic heterocycles. The fourth-order valence-corrected chi connectivity index (χ4v) is 0.560. The van der Waals surface area contributed by atoms with E-state index in [1.165, 1.54) is 0 Å². The highest BCUT2D eigenvalue weighted by molar-refractivity contribution is 5.68. The highest BCUT2D eigenvalue weighted by Gasteiger charge is 2.12. The highest BCUT2D eigenvalue weighted by atomic mass is 17.3. The van der Waals surface area contributed by atoms with Crippen LogP contribution in [0.4, 0.5) is 9.59 Å². The average Bonchev–Trinajstić information content (AvgIpc) is 2.25. The summed E-state index contributed by atoms with van der Waals surface area (Å²) in [6.45, 7) is -0.906. The minimum Gasteiger partial charge on any atom is -0.481 e. The van der Waals surface area contributed by atoms with Crippen molar-refractivity contribution in [3.05, 3.63) is 0 Å². The van der Waals surface area contributed by atoms with Gasteiger partial charge >= 0.3 is 24.2 Å². The molecular weight excluding hydrogens is 256 g/mol. The summed E-state index contributed by atoms with van der Waals surface area (Å²) in [6.07, 6.45) is -3.71. The number of carboxylic acids is 2. The van der Waals surface area contributed by atoms with Gasteiger partial charge in [-0.05, 0) is 0 Å². The fraction of sp³-hybridized carbons (Fsp3) is 0.500. The number of ether oxygens (including phenoxy) is 2. The van der Waals surface area contributed by atoms with Gasteiger partial charge < -0.3 is 19.7 Å². The molecule has 0 saturated carbocycles. The van der Waals surface area contributed by atoms with Crippen molar-refractivity contribution in [2.24, 2.45) is 0 Å². The molecule has 0 aromatic carbocycles. The summed E-state index contributed by atoms with van der Waals surface area (Å²) in [4.78, 5) is 48.9. The maximum absolute atomic E-state index is 10.6. The van der Waals surface area contributed by atoms with Crippen LogP contribution in [0, 0.1) is 0 Å². The molecule has 0 unspecified atom stereocenters. The van der Waals surface area contributed by atoms with Gasteiger partial charge in [-0.15, -0.1) is 0 Å². The Bertz CT molecular complexity index is 290. The quantitative estimate of drug-likeness (QED) is 0.387. The molecule has 0 aromatic heterocycles. The highest BCUT2D eigenvalue weighted by Crippen LogP contribution is 1.94. The van der Waals surface area contributed by atoms with E-state index in [-0.39, 0.29) is 0 Å². The number of carbonyl (C=O) groups is 4. The van der Waals surface area contributed by atoms with Crippen LogP contribution in [0.1, 0.15) is 12.8 Å². The molecule has 10 heteroatoms. The van der Waals surface area contributed by atoms with Crippen molar-refractivity contribution < 1.29 is 48.6 Å². The van der Waals surface area contributed by atoms with E-state index in [0.29, 0.717) is 0 Å². The fourth-order valence-electron chi connectivity index (χ4n) is 0.560. The first-order chi connectivity index (χ1) is 8.41. The zero-order valence-corrected chi connectivity index (χ0v) is 8.99. The second-order valence-electron chi connectivity index (χ2n) is 2.65. The molecule has 0 aliphatic carbocycles. The van der Waals surface area contributed by atoms with Crippen molar-refractivity contribution >= 4 is 24.2 Å². The Kier molecular flexibility index (Phi) is 7.41. The van der Waals surface area contributed by atoms with E-state index in [9.17, 15) is 19.2 Å². The predicted octanol–water partition coefficient (Wildman–Crippen LogP) is 0.157. The van der Waals surface area contributed by atoms with Crippen molar-refractivity contribution in [3.63, 3.8) is 0 Å². The van der Waals surface area contributed by atoms with Crippen LogP contribution in [0.15, 0.2) is 0 Å². The number of hydrogen-bond donors (Lipinski definition) is 2. The largest absolute Gasteiger partial charge is 0.550 e. The zero-order chi connectivity index (χ0) is 14.0. The van der Waals surface area contributed by atoms with Crippen molar-refractivity contribution in [2.75, 3.05) is 13.2 Å². The third-order valence-electron chi connectivity index (χ3n) is 1.25. The Morgan fingerprint density at radius 2 is 1.06 bits per heavy atom. The molecule has 0 spiro atoms. The van der Waals surface area contributed by atoms with Crippen LogP contribution in [0.25, 0.3) is 0 Å². The van der Waals surface area contributed by atoms with Gasteiger partial charge in [0.15, 0.2) is 0 Å². The lowest BCUT2D eigenvalue weighted by atomic mass is 10.5. The molecule has 0 aromatic rings. The molecule has 0 heterocycles. The third kappa shape index (κ3) is 10.0. The van der Waals surface area contributed by atoms with E-state index >= 15 is 0 Å². The van der Waals surface area contributed by atoms with Gasteiger partial charge in [-0.2, -0.15) is 19.4 Å². The summed E-state index contributed by atoms with van der Waals surface area (Å²) in [7, 11) is 0. The van der Waals surface area contributed by atoms with Gasteiger partial charge in [0.1, 0.15) is 13.2 Å². The van der Waals surface area contributed by atoms with Crippen molar-refractivity contribution in [3.8, 4) is 0 Å². The van der Waals surface area contributed by atoms with Crippen LogP contribution < -0.4 is 0 Å². The SMILES string of the molecule is O=C(O)CCOC(=O)OOC(=O)OCCC(=O)O. The first-order valence-electron chi connectivity index (χ1n) is 4.53. The first kappa shape index (κ1) is 15.5. The molecule has 0 radical (unpaired) electrons. The van der Waals surface area contributed by atoms with Crippen LogP contribution in [0.5, 0.6) is 0 Å². The molecule has 0 saturated heterocycles. The molecule has 102 valence electrons. The van der Waals surface area contributed by atoms with Gasteiger partial charge in [-0.25, -0.2) is 0 Å². The monoisotopic (exact) mass is 266 g/mol. The zero-order valence-electron chi connectivity index (χ0n) is 8.99. The molecule has 0 fully saturated rings. The van der Waals surface area contributed by atoms with Gasteiger partial charge in [0.05, 0.1) is 12.8 Å². The summed E-state index contributed by atoms with van der Waals surface area (Å²) in [5.74, 6) is -2.37. The molecule has 2 N–H and O–H groups in total. The molecule has 0 rings (SSSR count). The van der Waals surface area contributed by atoms with Gasteiger partial charge in [0.25, 0.3) is 0 Å². The topological polar surface area (TPSA) is 146 Å². The third-order valence-corrected chi connectivity index (χ3v) is 1.25. The maximum Gasteiger partial charge on any atom is 0.550 e. The smallest absolute Gasteiger partial charge is 0.481 e. The second-order valence-corrected chi connectivity index (χ2v) is 2.65. The number of aliphatic carboxylic acids is 2. The van der Waals surface area contributed by atoms with E-state index in [1.807, 2.05) is 0 Å². The molecule has 0 aliphatic rings. The molecule has 0 atom stereocenters. The lowest BCUT2D eigenvalue weighted by Gasteiger charge is -2.03. The number of hydrogen-bond acceptors (Lipinski definition) is 8. The van der Waals surface area contributed by atoms with Gasteiger partial charge in [-0.3, -0.25) is 9.59 Å². The van der Waals surface area contributed by atoms with Crippen molar-refractivity contribution in [2.45, 2.75) is 12.8 Å². The predicted molar refractivity (Wildman–Crippen MR) is 49.4 cm³/mol. The normalized spacial score (nSPS) is 9.11. The molecule has 0 amide bonds. The van der Waals surface area contributed by atoms with Crippen LogP contribution in [0.2, 0.25) is 0 Å². The van der Waals surface area contributed by atoms with E-state index in [4.69, 9.17) is 10.2 Å². The Morgan fingerprint density at radius 1 is 0.722 bits per heavy atom. The molecule has 10 nitrogen and oxygen atoms in total. The van der Waals surface area contributed by atoms with Crippen molar-refractivity contribution in [1.82, 2.24) is 0 Å². The van der Waals surface area contributed by atoms with Gasteiger partial charge in [0, 0.05) is 0 Å². The summed E-state index contributed by atoms with van der Waals surface area (Å²) >= 11 is 0. The standard InChI is InChI=1S/C8H10O10/c9-5(10)1-3-15-7(13)17-18-8(14)16-4-2-6(11)12/h1-4H2,(H,9,10)(H,11,12). The summed E-state index contributed by atoms with van der Waals surface area (Å²) < 4.78 is 8.35. The van der Waals surface area contributed by atoms with Gasteiger partial charge in [0.2, 0.25) is 0 Å². The van der Waals surface area contributed by atoms with E-state index in [0.717, 1.165) is 0 Å². The minimum atomic E-state index is -1.42. The van der Waals surface area contributed by atoms with Crippen LogP contribution in [0.3, 0.4) is 0 Å². The number of carbonyl (C=O) groups excluding carboxylic acids is 2. The second kappa shape index (κ2) is 8.61. The maximum atomic E-state index is 10.6.